The number of methoxy groups -OCH3 is 2. The third-order valence-corrected chi connectivity index (χ3v) is 3.87. The Hall–Kier alpha value is -2.66. The summed E-state index contributed by atoms with van der Waals surface area (Å²) in [6.45, 7) is 0.187. The number of hydrogen-bond donors (Lipinski definition) is 1. The minimum Gasteiger partial charge on any atom is -0.497 e. The van der Waals surface area contributed by atoms with E-state index in [2.05, 4.69) is 5.32 Å². The van der Waals surface area contributed by atoms with Crippen molar-refractivity contribution in [3.05, 3.63) is 52.6 Å². The minimum atomic E-state index is -0.271. The maximum atomic E-state index is 12.5. The quantitative estimate of drug-likeness (QED) is 0.916. The molecule has 0 aromatic heterocycles. The van der Waals surface area contributed by atoms with Crippen LogP contribution in [0.25, 0.3) is 6.08 Å². The van der Waals surface area contributed by atoms with Crippen LogP contribution in [0.15, 0.2) is 42.0 Å². The van der Waals surface area contributed by atoms with Gasteiger partial charge in [-0.05, 0) is 36.4 Å². The van der Waals surface area contributed by atoms with Gasteiger partial charge < -0.3 is 19.5 Å². The molecule has 1 aliphatic rings. The molecule has 0 atom stereocenters. The second kappa shape index (κ2) is 6.84. The predicted molar refractivity (Wildman–Crippen MR) is 93.1 cm³/mol. The van der Waals surface area contributed by atoms with Crippen molar-refractivity contribution in [1.29, 1.82) is 0 Å². The second-order valence-electron chi connectivity index (χ2n) is 5.16. The highest BCUT2D eigenvalue weighted by Gasteiger charge is 2.19. The van der Waals surface area contributed by atoms with E-state index in [9.17, 15) is 4.79 Å². The first-order valence-electron chi connectivity index (χ1n) is 7.27. The molecular formula is C18H16ClNO4. The summed E-state index contributed by atoms with van der Waals surface area (Å²) in [7, 11) is 3.10. The van der Waals surface area contributed by atoms with Crippen LogP contribution in [-0.2, 0) is 4.79 Å². The van der Waals surface area contributed by atoms with E-state index < -0.39 is 0 Å². The molecule has 6 heteroatoms. The molecule has 0 aliphatic carbocycles. The molecule has 1 amide bonds. The van der Waals surface area contributed by atoms with E-state index in [-0.39, 0.29) is 12.5 Å². The summed E-state index contributed by atoms with van der Waals surface area (Å²) in [5, 5.41) is 3.41. The summed E-state index contributed by atoms with van der Waals surface area (Å²) in [6.07, 6.45) is 1.77. The van der Waals surface area contributed by atoms with E-state index in [0.717, 1.165) is 5.56 Å². The topological polar surface area (TPSA) is 56.8 Å². The van der Waals surface area contributed by atoms with Crippen molar-refractivity contribution in [2.45, 2.75) is 0 Å². The molecule has 3 rings (SSSR count). The Balaban J connectivity index is 1.86. The molecule has 1 heterocycles. The number of amides is 1. The largest absolute Gasteiger partial charge is 0.497 e. The fourth-order valence-corrected chi connectivity index (χ4v) is 2.57. The average Bonchev–Trinajstić information content (AvgIpc) is 2.60. The highest BCUT2D eigenvalue weighted by molar-refractivity contribution is 6.30. The standard InChI is InChI=1S/C18H16ClNO4/c1-22-14-4-6-17(23-2)15(9-14)20-18(21)12-7-11-8-13(19)3-5-16(11)24-10-12/h3-9H,10H2,1-2H3,(H,20,21). The number of anilines is 1. The Morgan fingerprint density at radius 3 is 2.75 bits per heavy atom. The van der Waals surface area contributed by atoms with Gasteiger partial charge in [-0.1, -0.05) is 11.6 Å². The molecule has 5 nitrogen and oxygen atoms in total. The monoisotopic (exact) mass is 345 g/mol. The molecule has 124 valence electrons. The Bertz CT molecular complexity index is 817. The van der Waals surface area contributed by atoms with Crippen LogP contribution >= 0.6 is 11.6 Å². The summed E-state index contributed by atoms with van der Waals surface area (Å²) in [5.74, 6) is 1.60. The number of carbonyl (C=O) groups excluding carboxylic acids is 1. The van der Waals surface area contributed by atoms with E-state index in [1.165, 1.54) is 0 Å². The fraction of sp³-hybridized carbons (Fsp3) is 0.167. The lowest BCUT2D eigenvalue weighted by Crippen LogP contribution is -2.21. The maximum Gasteiger partial charge on any atom is 0.255 e. The van der Waals surface area contributed by atoms with Crippen LogP contribution in [0, 0.1) is 0 Å². The number of ether oxygens (including phenoxy) is 3. The van der Waals surface area contributed by atoms with E-state index in [0.29, 0.717) is 33.5 Å². The van der Waals surface area contributed by atoms with Gasteiger partial charge in [0, 0.05) is 16.7 Å². The first kappa shape index (κ1) is 16.2. The number of nitrogens with one attached hydrogen (secondary N) is 1. The van der Waals surface area contributed by atoms with Gasteiger partial charge in [-0.3, -0.25) is 4.79 Å². The number of hydrogen-bond acceptors (Lipinski definition) is 4. The van der Waals surface area contributed by atoms with Crippen molar-refractivity contribution in [2.24, 2.45) is 0 Å². The molecule has 0 saturated carbocycles. The van der Waals surface area contributed by atoms with Gasteiger partial charge in [0.25, 0.3) is 5.91 Å². The zero-order chi connectivity index (χ0) is 17.1. The van der Waals surface area contributed by atoms with Gasteiger partial charge in [-0.2, -0.15) is 0 Å². The lowest BCUT2D eigenvalue weighted by atomic mass is 10.1. The molecule has 0 unspecified atom stereocenters. The van der Waals surface area contributed by atoms with Gasteiger partial charge in [-0.15, -0.1) is 0 Å². The van der Waals surface area contributed by atoms with Gasteiger partial charge in [0.15, 0.2) is 0 Å². The Morgan fingerprint density at radius 1 is 1.17 bits per heavy atom. The fourth-order valence-electron chi connectivity index (χ4n) is 2.39. The third kappa shape index (κ3) is 3.31. The van der Waals surface area contributed by atoms with Gasteiger partial charge in [0.2, 0.25) is 0 Å². The van der Waals surface area contributed by atoms with Gasteiger partial charge >= 0.3 is 0 Å². The minimum absolute atomic E-state index is 0.187. The van der Waals surface area contributed by atoms with Crippen LogP contribution in [0.1, 0.15) is 5.56 Å². The molecule has 0 spiro atoms. The number of halogens is 1. The van der Waals surface area contributed by atoms with Crippen LogP contribution in [0.4, 0.5) is 5.69 Å². The smallest absolute Gasteiger partial charge is 0.255 e. The van der Waals surface area contributed by atoms with Gasteiger partial charge in [0.1, 0.15) is 23.9 Å². The molecular weight excluding hydrogens is 330 g/mol. The second-order valence-corrected chi connectivity index (χ2v) is 5.60. The first-order chi connectivity index (χ1) is 11.6. The summed E-state index contributed by atoms with van der Waals surface area (Å²) < 4.78 is 16.1. The number of carbonyl (C=O) groups is 1. The van der Waals surface area contributed by atoms with Gasteiger partial charge in [0.05, 0.1) is 25.5 Å². The SMILES string of the molecule is COc1ccc(OC)c(NC(=O)C2=Cc3cc(Cl)ccc3OC2)c1. The molecule has 2 aromatic rings. The van der Waals surface area contributed by atoms with Crippen LogP contribution in [0.2, 0.25) is 5.02 Å². The number of benzene rings is 2. The van der Waals surface area contributed by atoms with Crippen molar-refractivity contribution in [3.8, 4) is 17.2 Å². The molecule has 0 bridgehead atoms. The highest BCUT2D eigenvalue weighted by atomic mass is 35.5. The van der Waals surface area contributed by atoms with E-state index in [1.807, 2.05) is 0 Å². The Morgan fingerprint density at radius 2 is 2.00 bits per heavy atom. The lowest BCUT2D eigenvalue weighted by Gasteiger charge is -2.18. The van der Waals surface area contributed by atoms with Crippen molar-refractivity contribution >= 4 is 29.3 Å². The maximum absolute atomic E-state index is 12.5. The molecule has 1 N–H and O–H groups in total. The number of fused-ring (bicyclic) bond motifs is 1. The van der Waals surface area contributed by atoms with Crippen LogP contribution in [-0.4, -0.2) is 26.7 Å². The zero-order valence-electron chi connectivity index (χ0n) is 13.3. The third-order valence-electron chi connectivity index (χ3n) is 3.63. The summed E-state index contributed by atoms with van der Waals surface area (Å²) in [4.78, 5) is 12.5. The van der Waals surface area contributed by atoms with Crippen molar-refractivity contribution < 1.29 is 19.0 Å². The predicted octanol–water partition coefficient (Wildman–Crippen LogP) is 3.77. The van der Waals surface area contributed by atoms with E-state index in [1.54, 1.807) is 56.7 Å². The molecule has 0 radical (unpaired) electrons. The van der Waals surface area contributed by atoms with Crippen LogP contribution in [0.3, 0.4) is 0 Å². The summed E-state index contributed by atoms with van der Waals surface area (Å²) in [5.41, 5.74) is 1.80. The van der Waals surface area contributed by atoms with Crippen molar-refractivity contribution in [1.82, 2.24) is 0 Å². The zero-order valence-corrected chi connectivity index (χ0v) is 14.0. The molecule has 24 heavy (non-hydrogen) atoms. The molecule has 0 saturated heterocycles. The van der Waals surface area contributed by atoms with Crippen LogP contribution < -0.4 is 19.5 Å². The van der Waals surface area contributed by atoms with Crippen molar-refractivity contribution in [3.63, 3.8) is 0 Å². The Kier molecular flexibility index (Phi) is 4.62. The summed E-state index contributed by atoms with van der Waals surface area (Å²) in [6, 6.07) is 10.5. The Labute approximate surface area is 144 Å². The van der Waals surface area contributed by atoms with Crippen LogP contribution in [0.5, 0.6) is 17.2 Å². The summed E-state index contributed by atoms with van der Waals surface area (Å²) >= 11 is 5.99. The molecule has 2 aromatic carbocycles. The van der Waals surface area contributed by atoms with Crippen molar-refractivity contribution in [2.75, 3.05) is 26.1 Å². The molecule has 0 fully saturated rings. The lowest BCUT2D eigenvalue weighted by molar-refractivity contribution is -0.113. The highest BCUT2D eigenvalue weighted by Crippen LogP contribution is 2.31. The number of rotatable bonds is 4. The molecule has 1 aliphatic heterocycles. The normalized spacial score (nSPS) is 12.5. The average molecular weight is 346 g/mol. The van der Waals surface area contributed by atoms with E-state index in [4.69, 9.17) is 25.8 Å². The van der Waals surface area contributed by atoms with E-state index >= 15 is 0 Å². The first-order valence-corrected chi connectivity index (χ1v) is 7.65. The van der Waals surface area contributed by atoms with Gasteiger partial charge in [-0.25, -0.2) is 0 Å².